The molecule has 0 bridgehead atoms. The first-order valence-electron chi connectivity index (χ1n) is 13.5. The fourth-order valence-electron chi connectivity index (χ4n) is 3.99. The molecule has 2 aromatic carbocycles. The second-order valence-electron chi connectivity index (χ2n) is 10.4. The molecule has 0 radical (unpaired) electrons. The molecular formula is C30H39ClF3N7O2. The Bertz CT molecular complexity index is 1270. The molecule has 0 unspecified atom stereocenters. The summed E-state index contributed by atoms with van der Waals surface area (Å²) in [6.45, 7) is 13.3. The van der Waals surface area contributed by atoms with Gasteiger partial charge in [-0.3, -0.25) is 4.79 Å². The molecule has 0 heterocycles. The van der Waals surface area contributed by atoms with Crippen molar-refractivity contribution in [2.24, 2.45) is 20.4 Å². The third-order valence-electron chi connectivity index (χ3n) is 5.91. The van der Waals surface area contributed by atoms with Crippen LogP contribution in [0.2, 0.25) is 5.02 Å². The maximum absolute atomic E-state index is 12.9. The summed E-state index contributed by atoms with van der Waals surface area (Å²) in [6, 6.07) is 11.4. The molecule has 234 valence electrons. The van der Waals surface area contributed by atoms with E-state index in [1.807, 2.05) is 13.2 Å². The lowest BCUT2D eigenvalue weighted by Crippen LogP contribution is -2.38. The van der Waals surface area contributed by atoms with E-state index in [0.717, 1.165) is 26.1 Å². The predicted molar refractivity (Wildman–Crippen MR) is 169 cm³/mol. The van der Waals surface area contributed by atoms with E-state index in [4.69, 9.17) is 16.3 Å². The number of hydrogen-bond acceptors (Lipinski definition) is 5. The molecule has 2 aromatic rings. The molecule has 3 N–H and O–H groups in total. The summed E-state index contributed by atoms with van der Waals surface area (Å²) in [4.78, 5) is 24.4. The minimum absolute atomic E-state index is 0.0787. The molecule has 0 aromatic heterocycles. The zero-order chi connectivity index (χ0) is 31.9. The minimum atomic E-state index is -4.53. The van der Waals surface area contributed by atoms with Crippen molar-refractivity contribution in [1.82, 2.24) is 15.5 Å². The molecular weight excluding hydrogens is 583 g/mol. The van der Waals surface area contributed by atoms with Crippen LogP contribution in [0.1, 0.15) is 36.2 Å². The van der Waals surface area contributed by atoms with Gasteiger partial charge in [0.25, 0.3) is 0 Å². The Balaban J connectivity index is 2.01. The lowest BCUT2D eigenvalue weighted by molar-refractivity contribution is -0.118. The van der Waals surface area contributed by atoms with Gasteiger partial charge in [-0.2, -0.15) is 18.2 Å². The molecule has 0 saturated heterocycles. The Kier molecular flexibility index (Phi) is 14.2. The van der Waals surface area contributed by atoms with Crippen LogP contribution in [-0.2, 0) is 6.54 Å². The first-order chi connectivity index (χ1) is 20.4. The molecule has 0 spiro atoms. The summed E-state index contributed by atoms with van der Waals surface area (Å²) in [5, 5.41) is 9.19. The van der Waals surface area contributed by atoms with Crippen LogP contribution in [0.5, 0.6) is 5.75 Å². The van der Waals surface area contributed by atoms with Crippen molar-refractivity contribution in [3.63, 3.8) is 0 Å². The largest absolute Gasteiger partial charge is 0.492 e. The number of nitrogens with one attached hydrogen (secondary N) is 3. The smallest absolute Gasteiger partial charge is 0.408 e. The lowest BCUT2D eigenvalue weighted by Gasteiger charge is -2.31. The molecule has 0 atom stereocenters. The number of ether oxygens (including phenoxy) is 1. The van der Waals surface area contributed by atoms with E-state index < -0.39 is 12.7 Å². The fraction of sp³-hybridized carbons (Fsp3) is 0.400. The molecule has 13 heteroatoms. The van der Waals surface area contributed by atoms with Crippen LogP contribution in [0.4, 0.5) is 18.9 Å². The summed E-state index contributed by atoms with van der Waals surface area (Å²) in [5.41, 5.74) is 1.72. The van der Waals surface area contributed by atoms with Crippen LogP contribution in [-0.4, -0.2) is 75.8 Å². The standard InChI is InChI=1S/C30H39ClF3N7O2/c1-6-41(21-29(2,3)19-35-4)14-7-15-43-26-13-10-23(16-25(26)31)17-37-28(38-20-30(32,33)34)40-27(36-5)39-24-11-8-22(18-42)9-12-24/h6,8-13,16,18,35H,1,5,7,14-15,17,19-21H2,2-4H3,(H2,37,38,39,40). The highest BCUT2D eigenvalue weighted by molar-refractivity contribution is 6.32. The molecule has 0 aliphatic carbocycles. The first kappa shape index (κ1) is 35.3. The van der Waals surface area contributed by atoms with Crippen molar-refractivity contribution >= 4 is 42.2 Å². The third kappa shape index (κ3) is 13.7. The zero-order valence-corrected chi connectivity index (χ0v) is 25.4. The summed E-state index contributed by atoms with van der Waals surface area (Å²) in [7, 11) is 1.93. The van der Waals surface area contributed by atoms with E-state index >= 15 is 0 Å². The van der Waals surface area contributed by atoms with Crippen molar-refractivity contribution < 1.29 is 22.7 Å². The van der Waals surface area contributed by atoms with Gasteiger partial charge < -0.3 is 25.6 Å². The Morgan fingerprint density at radius 2 is 1.86 bits per heavy atom. The first-order valence-corrected chi connectivity index (χ1v) is 13.9. The quantitative estimate of drug-likeness (QED) is 0.101. The molecule has 43 heavy (non-hydrogen) atoms. The number of anilines is 1. The SMILES string of the molecule is C=CN(CCCOc1ccc(CNC(/N=C(\N=C)Nc2ccc(C=O)cc2)=N/CC(F)(F)F)cc1Cl)CC(C)(C)CNC. The maximum Gasteiger partial charge on any atom is 0.408 e. The van der Waals surface area contributed by atoms with Crippen molar-refractivity contribution in [3.8, 4) is 5.75 Å². The highest BCUT2D eigenvalue weighted by Gasteiger charge is 2.27. The highest BCUT2D eigenvalue weighted by atomic mass is 35.5. The Hall–Kier alpha value is -3.90. The van der Waals surface area contributed by atoms with Gasteiger partial charge in [0.1, 0.15) is 18.6 Å². The number of guanidine groups is 2. The molecule has 2 rings (SSSR count). The van der Waals surface area contributed by atoms with Crippen LogP contribution in [0.3, 0.4) is 0 Å². The zero-order valence-electron chi connectivity index (χ0n) is 24.7. The Labute approximate surface area is 256 Å². The highest BCUT2D eigenvalue weighted by Crippen LogP contribution is 2.26. The molecule has 0 fully saturated rings. The van der Waals surface area contributed by atoms with Gasteiger partial charge in [-0.05, 0) is 73.8 Å². The van der Waals surface area contributed by atoms with E-state index in [9.17, 15) is 18.0 Å². The number of carbonyl (C=O) groups is 1. The van der Waals surface area contributed by atoms with E-state index in [1.54, 1.807) is 42.5 Å². The third-order valence-corrected chi connectivity index (χ3v) is 6.21. The van der Waals surface area contributed by atoms with Gasteiger partial charge in [-0.25, -0.2) is 9.98 Å². The van der Waals surface area contributed by atoms with E-state index in [-0.39, 0.29) is 23.9 Å². The van der Waals surface area contributed by atoms with Crippen molar-refractivity contribution in [2.75, 3.05) is 45.2 Å². The number of rotatable bonds is 15. The van der Waals surface area contributed by atoms with Gasteiger partial charge in [0.2, 0.25) is 11.9 Å². The molecule has 0 aliphatic heterocycles. The number of benzene rings is 2. The molecule has 0 aliphatic rings. The Morgan fingerprint density at radius 1 is 1.14 bits per heavy atom. The monoisotopic (exact) mass is 621 g/mol. The van der Waals surface area contributed by atoms with Crippen LogP contribution < -0.4 is 20.7 Å². The summed E-state index contributed by atoms with van der Waals surface area (Å²) < 4.78 is 44.6. The van der Waals surface area contributed by atoms with Gasteiger partial charge >= 0.3 is 6.18 Å². The minimum Gasteiger partial charge on any atom is -0.492 e. The van der Waals surface area contributed by atoms with Crippen molar-refractivity contribution in [3.05, 3.63) is 71.4 Å². The summed E-state index contributed by atoms with van der Waals surface area (Å²) in [6.07, 6.45) is -1.25. The van der Waals surface area contributed by atoms with Crippen LogP contribution in [0, 0.1) is 5.41 Å². The normalized spacial score (nSPS) is 12.4. The van der Waals surface area contributed by atoms with Gasteiger partial charge in [-0.15, -0.1) is 0 Å². The van der Waals surface area contributed by atoms with Crippen LogP contribution in [0.25, 0.3) is 0 Å². The lowest BCUT2D eigenvalue weighted by atomic mass is 9.93. The van der Waals surface area contributed by atoms with Gasteiger partial charge in [0, 0.05) is 37.4 Å². The van der Waals surface area contributed by atoms with Crippen molar-refractivity contribution in [2.45, 2.75) is 33.0 Å². The number of alkyl halides is 3. The second-order valence-corrected chi connectivity index (χ2v) is 10.8. The average Bonchev–Trinajstić information content (AvgIpc) is 2.96. The molecule has 9 nitrogen and oxygen atoms in total. The number of aldehydes is 1. The predicted octanol–water partition coefficient (Wildman–Crippen LogP) is 5.79. The number of halogens is 4. The summed E-state index contributed by atoms with van der Waals surface area (Å²) in [5.74, 6) is 0.102. The van der Waals surface area contributed by atoms with E-state index in [2.05, 4.69) is 63.0 Å². The number of aliphatic imine (C=N–C) groups is 3. The maximum atomic E-state index is 12.9. The average molecular weight is 622 g/mol. The summed E-state index contributed by atoms with van der Waals surface area (Å²) >= 11 is 6.43. The molecule has 0 amide bonds. The van der Waals surface area contributed by atoms with Gasteiger partial charge in [-0.1, -0.05) is 38.1 Å². The van der Waals surface area contributed by atoms with Crippen molar-refractivity contribution in [1.29, 1.82) is 0 Å². The number of carbonyl (C=O) groups excluding carboxylic acids is 1. The van der Waals surface area contributed by atoms with Gasteiger partial charge in [0.15, 0.2) is 0 Å². The fourth-order valence-corrected chi connectivity index (χ4v) is 4.25. The molecule has 0 saturated carbocycles. The topological polar surface area (TPSA) is 103 Å². The van der Waals surface area contributed by atoms with Crippen LogP contribution in [0.15, 0.2) is 70.2 Å². The van der Waals surface area contributed by atoms with Gasteiger partial charge in [0.05, 0.1) is 11.6 Å². The Morgan fingerprint density at radius 3 is 2.44 bits per heavy atom. The second kappa shape index (κ2) is 17.3. The van der Waals surface area contributed by atoms with E-state index in [0.29, 0.717) is 40.5 Å². The number of hydrogen-bond donors (Lipinski definition) is 3. The van der Waals surface area contributed by atoms with Crippen LogP contribution >= 0.6 is 11.6 Å². The number of nitrogens with zero attached hydrogens (tertiary/aromatic N) is 4. The van der Waals surface area contributed by atoms with E-state index in [1.165, 1.54) is 0 Å².